The highest BCUT2D eigenvalue weighted by molar-refractivity contribution is 5.93. The van der Waals surface area contributed by atoms with Crippen LogP contribution in [0.15, 0.2) is 79.0 Å². The van der Waals surface area contributed by atoms with Crippen molar-refractivity contribution in [1.82, 2.24) is 4.90 Å². The molecule has 3 aromatic carbocycles. The minimum Gasteiger partial charge on any atom is -0.494 e. The first-order valence-electron chi connectivity index (χ1n) is 10.9. The third kappa shape index (κ3) is 5.23. The van der Waals surface area contributed by atoms with Gasteiger partial charge in [-0.2, -0.15) is 0 Å². The zero-order valence-corrected chi connectivity index (χ0v) is 18.7. The molecule has 0 aromatic heterocycles. The first-order valence-corrected chi connectivity index (χ1v) is 10.9. The minimum absolute atomic E-state index is 0.113. The molecule has 6 heteroatoms. The SMILES string of the molecule is CCOc1ccc(Oc2ccccc2NC(=O)C[C@@H]2c3ccccc3C=CN2C(C)=O)cc1. The van der Waals surface area contributed by atoms with Crippen molar-refractivity contribution in [3.63, 3.8) is 0 Å². The molecular weight excluding hydrogens is 416 g/mol. The topological polar surface area (TPSA) is 67.9 Å². The molecule has 6 nitrogen and oxygen atoms in total. The van der Waals surface area contributed by atoms with Gasteiger partial charge < -0.3 is 19.7 Å². The van der Waals surface area contributed by atoms with E-state index in [9.17, 15) is 9.59 Å². The normalized spacial score (nSPS) is 14.4. The lowest BCUT2D eigenvalue weighted by molar-refractivity contribution is -0.129. The van der Waals surface area contributed by atoms with Gasteiger partial charge in [0, 0.05) is 13.1 Å². The molecule has 1 N–H and O–H groups in total. The fourth-order valence-electron chi connectivity index (χ4n) is 3.85. The van der Waals surface area contributed by atoms with Gasteiger partial charge in [-0.1, -0.05) is 36.4 Å². The molecule has 1 aliphatic heterocycles. The van der Waals surface area contributed by atoms with E-state index in [0.717, 1.165) is 16.9 Å². The Morgan fingerprint density at radius 2 is 1.64 bits per heavy atom. The van der Waals surface area contributed by atoms with Crippen molar-refractivity contribution in [3.05, 3.63) is 90.1 Å². The first-order chi connectivity index (χ1) is 16.0. The molecule has 1 heterocycles. The Hall–Kier alpha value is -4.06. The number of nitrogens with zero attached hydrogens (tertiary/aromatic N) is 1. The summed E-state index contributed by atoms with van der Waals surface area (Å²) in [7, 11) is 0. The van der Waals surface area contributed by atoms with Gasteiger partial charge in [-0.25, -0.2) is 0 Å². The highest BCUT2D eigenvalue weighted by Crippen LogP contribution is 2.34. The number of rotatable bonds is 7. The third-order valence-corrected chi connectivity index (χ3v) is 5.37. The van der Waals surface area contributed by atoms with Crippen LogP contribution in [0, 0.1) is 0 Å². The van der Waals surface area contributed by atoms with Gasteiger partial charge in [-0.05, 0) is 60.5 Å². The van der Waals surface area contributed by atoms with E-state index in [1.165, 1.54) is 6.92 Å². The van der Waals surface area contributed by atoms with Crippen molar-refractivity contribution in [1.29, 1.82) is 0 Å². The van der Waals surface area contributed by atoms with Crippen molar-refractivity contribution in [2.45, 2.75) is 26.3 Å². The minimum atomic E-state index is -0.372. The molecule has 0 saturated heterocycles. The molecule has 0 bridgehead atoms. The van der Waals surface area contributed by atoms with Gasteiger partial charge in [-0.3, -0.25) is 9.59 Å². The summed E-state index contributed by atoms with van der Waals surface area (Å²) in [5.74, 6) is 1.61. The van der Waals surface area contributed by atoms with Gasteiger partial charge in [0.25, 0.3) is 0 Å². The second-order valence-electron chi connectivity index (χ2n) is 7.64. The number of anilines is 1. The first kappa shape index (κ1) is 22.1. The number of carbonyl (C=O) groups excluding carboxylic acids is 2. The maximum atomic E-state index is 13.0. The van der Waals surface area contributed by atoms with Gasteiger partial charge in [0.2, 0.25) is 11.8 Å². The second-order valence-corrected chi connectivity index (χ2v) is 7.64. The van der Waals surface area contributed by atoms with E-state index in [2.05, 4.69) is 5.32 Å². The van der Waals surface area contributed by atoms with Crippen LogP contribution >= 0.6 is 0 Å². The molecule has 1 atom stereocenters. The Bertz CT molecular complexity index is 1170. The Labute approximate surface area is 193 Å². The fourth-order valence-corrected chi connectivity index (χ4v) is 3.85. The predicted octanol–water partition coefficient (Wildman–Crippen LogP) is 5.78. The van der Waals surface area contributed by atoms with E-state index < -0.39 is 0 Å². The summed E-state index contributed by atoms with van der Waals surface area (Å²) in [5.41, 5.74) is 2.52. The van der Waals surface area contributed by atoms with E-state index in [1.807, 2.05) is 73.7 Å². The van der Waals surface area contributed by atoms with E-state index in [-0.39, 0.29) is 24.3 Å². The number of amides is 2. The van der Waals surface area contributed by atoms with Crippen LogP contribution in [-0.4, -0.2) is 23.3 Å². The Morgan fingerprint density at radius 1 is 0.939 bits per heavy atom. The predicted molar refractivity (Wildman–Crippen MR) is 128 cm³/mol. The Kier molecular flexibility index (Phi) is 6.74. The number of hydrogen-bond donors (Lipinski definition) is 1. The quantitative estimate of drug-likeness (QED) is 0.504. The van der Waals surface area contributed by atoms with E-state index in [4.69, 9.17) is 9.47 Å². The zero-order chi connectivity index (χ0) is 23.2. The number of nitrogens with one attached hydrogen (secondary N) is 1. The number of para-hydroxylation sites is 2. The van der Waals surface area contributed by atoms with Crippen molar-refractivity contribution >= 4 is 23.6 Å². The summed E-state index contributed by atoms with van der Waals surface area (Å²) in [6.45, 7) is 4.03. The van der Waals surface area contributed by atoms with Crippen LogP contribution in [-0.2, 0) is 9.59 Å². The molecule has 0 fully saturated rings. The third-order valence-electron chi connectivity index (χ3n) is 5.37. The van der Waals surface area contributed by atoms with Crippen LogP contribution in [0.5, 0.6) is 17.2 Å². The zero-order valence-electron chi connectivity index (χ0n) is 18.7. The maximum absolute atomic E-state index is 13.0. The lowest BCUT2D eigenvalue weighted by Gasteiger charge is -2.32. The summed E-state index contributed by atoms with van der Waals surface area (Å²) < 4.78 is 11.5. The van der Waals surface area contributed by atoms with Crippen molar-refractivity contribution < 1.29 is 19.1 Å². The van der Waals surface area contributed by atoms with Gasteiger partial charge in [0.15, 0.2) is 5.75 Å². The van der Waals surface area contributed by atoms with E-state index >= 15 is 0 Å². The molecule has 4 rings (SSSR count). The van der Waals surface area contributed by atoms with Crippen molar-refractivity contribution in [3.8, 4) is 17.2 Å². The molecule has 1 aliphatic rings. The largest absolute Gasteiger partial charge is 0.494 e. The van der Waals surface area contributed by atoms with E-state index in [0.29, 0.717) is 23.8 Å². The molecule has 0 saturated carbocycles. The van der Waals surface area contributed by atoms with Gasteiger partial charge in [0.05, 0.1) is 24.8 Å². The number of benzene rings is 3. The van der Waals surface area contributed by atoms with Crippen LogP contribution < -0.4 is 14.8 Å². The second kappa shape index (κ2) is 10.0. The summed E-state index contributed by atoms with van der Waals surface area (Å²) in [6.07, 6.45) is 3.76. The molecule has 0 spiro atoms. The lowest BCUT2D eigenvalue weighted by Crippen LogP contribution is -2.33. The van der Waals surface area contributed by atoms with Crippen LogP contribution in [0.4, 0.5) is 5.69 Å². The highest BCUT2D eigenvalue weighted by atomic mass is 16.5. The standard InChI is InChI=1S/C27H26N2O4/c1-3-32-21-12-14-22(15-13-21)33-26-11-7-6-10-24(26)28-27(31)18-25-23-9-5-4-8-20(23)16-17-29(25)19(2)30/h4-17,25H,3,18H2,1-2H3,(H,28,31)/t25-/m1/s1. The van der Waals surface area contributed by atoms with Crippen LogP contribution in [0.3, 0.4) is 0 Å². The number of ether oxygens (including phenoxy) is 2. The van der Waals surface area contributed by atoms with Gasteiger partial charge in [0.1, 0.15) is 11.5 Å². The van der Waals surface area contributed by atoms with Gasteiger partial charge >= 0.3 is 0 Å². The summed E-state index contributed by atoms with van der Waals surface area (Å²) in [4.78, 5) is 26.8. The molecule has 0 aliphatic carbocycles. The molecule has 33 heavy (non-hydrogen) atoms. The summed E-state index contributed by atoms with van der Waals surface area (Å²) >= 11 is 0. The molecular formula is C27H26N2O4. The molecule has 2 amide bonds. The van der Waals surface area contributed by atoms with Crippen LogP contribution in [0.2, 0.25) is 0 Å². The molecule has 0 unspecified atom stereocenters. The summed E-state index contributed by atoms with van der Waals surface area (Å²) in [6, 6.07) is 22.0. The van der Waals surface area contributed by atoms with Crippen molar-refractivity contribution in [2.75, 3.05) is 11.9 Å². The smallest absolute Gasteiger partial charge is 0.226 e. The van der Waals surface area contributed by atoms with E-state index in [1.54, 1.807) is 23.2 Å². The average molecular weight is 443 g/mol. The monoisotopic (exact) mass is 442 g/mol. The number of fused-ring (bicyclic) bond motifs is 1. The highest BCUT2D eigenvalue weighted by Gasteiger charge is 2.28. The fraction of sp³-hybridized carbons (Fsp3) is 0.185. The average Bonchev–Trinajstić information content (AvgIpc) is 2.82. The number of carbonyl (C=O) groups is 2. The lowest BCUT2D eigenvalue weighted by atomic mass is 9.93. The van der Waals surface area contributed by atoms with Crippen LogP contribution in [0.1, 0.15) is 37.4 Å². The van der Waals surface area contributed by atoms with Crippen molar-refractivity contribution in [2.24, 2.45) is 0 Å². The molecule has 3 aromatic rings. The number of hydrogen-bond acceptors (Lipinski definition) is 4. The Morgan fingerprint density at radius 3 is 2.39 bits per heavy atom. The van der Waals surface area contributed by atoms with Gasteiger partial charge in [-0.15, -0.1) is 0 Å². The Balaban J connectivity index is 1.50. The molecule has 0 radical (unpaired) electrons. The maximum Gasteiger partial charge on any atom is 0.226 e. The molecule has 168 valence electrons. The van der Waals surface area contributed by atoms with Crippen LogP contribution in [0.25, 0.3) is 6.08 Å². The summed E-state index contributed by atoms with van der Waals surface area (Å²) in [5, 5.41) is 2.95.